The van der Waals surface area contributed by atoms with Crippen LogP contribution >= 0.6 is 35.0 Å². The Morgan fingerprint density at radius 2 is 2.11 bits per heavy atom. The van der Waals surface area contributed by atoms with Crippen LogP contribution < -0.4 is 5.32 Å². The maximum absolute atomic E-state index is 12.1. The molecule has 18 heavy (non-hydrogen) atoms. The fourth-order valence-corrected chi connectivity index (χ4v) is 2.28. The number of halogens is 2. The lowest BCUT2D eigenvalue weighted by Gasteiger charge is -2.19. The molecule has 0 fully saturated rings. The minimum absolute atomic E-state index is 0.0176. The van der Waals surface area contributed by atoms with Crippen molar-refractivity contribution in [3.05, 3.63) is 28.8 Å². The molecule has 0 radical (unpaired) electrons. The molecule has 100 valence electrons. The van der Waals surface area contributed by atoms with Crippen LogP contribution in [0.4, 0.5) is 0 Å². The summed E-state index contributed by atoms with van der Waals surface area (Å²) in [6, 6.07) is 5.47. The predicted octanol–water partition coefficient (Wildman–Crippen LogP) is 4.06. The number of hydrogen-bond acceptors (Lipinski definition) is 2. The Morgan fingerprint density at radius 1 is 1.44 bits per heavy atom. The lowest BCUT2D eigenvalue weighted by atomic mass is 10.1. The van der Waals surface area contributed by atoms with Crippen molar-refractivity contribution in [2.75, 3.05) is 12.1 Å². The van der Waals surface area contributed by atoms with Crippen LogP contribution in [0.3, 0.4) is 0 Å². The van der Waals surface area contributed by atoms with E-state index in [2.05, 4.69) is 5.32 Å². The molecule has 0 aliphatic carbocycles. The number of benzene rings is 1. The van der Waals surface area contributed by atoms with E-state index in [1.807, 2.05) is 26.2 Å². The summed E-state index contributed by atoms with van der Waals surface area (Å²) >= 11 is 13.4. The van der Waals surface area contributed by atoms with Gasteiger partial charge in [0, 0.05) is 16.8 Å². The molecule has 1 amide bonds. The van der Waals surface area contributed by atoms with Gasteiger partial charge in [-0.15, -0.1) is 23.4 Å². The molecule has 0 aliphatic heterocycles. The van der Waals surface area contributed by atoms with Crippen molar-refractivity contribution in [3.63, 3.8) is 0 Å². The molecule has 1 rings (SSSR count). The molecule has 0 aromatic heterocycles. The van der Waals surface area contributed by atoms with Crippen molar-refractivity contribution in [2.24, 2.45) is 5.92 Å². The summed E-state index contributed by atoms with van der Waals surface area (Å²) in [7, 11) is 0. The molecule has 2 unspecified atom stereocenters. The van der Waals surface area contributed by atoms with Crippen LogP contribution in [0.5, 0.6) is 0 Å². The second-order valence-corrected chi connectivity index (χ2v) is 5.83. The minimum Gasteiger partial charge on any atom is -0.349 e. The third-order valence-corrected chi connectivity index (χ3v) is 4.42. The van der Waals surface area contributed by atoms with Crippen molar-refractivity contribution < 1.29 is 4.79 Å². The average molecular weight is 306 g/mol. The van der Waals surface area contributed by atoms with Gasteiger partial charge in [-0.2, -0.15) is 0 Å². The molecule has 2 nitrogen and oxygen atoms in total. The average Bonchev–Trinajstić information content (AvgIpc) is 2.38. The molecule has 1 N–H and O–H groups in total. The van der Waals surface area contributed by atoms with Gasteiger partial charge in [-0.25, -0.2) is 0 Å². The van der Waals surface area contributed by atoms with E-state index in [1.165, 1.54) is 0 Å². The largest absolute Gasteiger partial charge is 0.349 e. The Balaban J connectivity index is 2.83. The maximum Gasteiger partial charge on any atom is 0.253 e. The van der Waals surface area contributed by atoms with Crippen LogP contribution in [0.15, 0.2) is 23.1 Å². The summed E-state index contributed by atoms with van der Waals surface area (Å²) in [4.78, 5) is 13.1. The molecule has 0 saturated carbocycles. The summed E-state index contributed by atoms with van der Waals surface area (Å²) < 4.78 is 0. The summed E-state index contributed by atoms with van der Waals surface area (Å²) in [6.07, 6.45) is 1.96. The maximum atomic E-state index is 12.1. The van der Waals surface area contributed by atoms with E-state index in [9.17, 15) is 4.79 Å². The van der Waals surface area contributed by atoms with E-state index < -0.39 is 0 Å². The number of amides is 1. The van der Waals surface area contributed by atoms with E-state index in [4.69, 9.17) is 23.2 Å². The number of rotatable bonds is 5. The van der Waals surface area contributed by atoms with Gasteiger partial charge in [0.15, 0.2) is 0 Å². The smallest absolute Gasteiger partial charge is 0.253 e. The number of thioether (sulfide) groups is 1. The summed E-state index contributed by atoms with van der Waals surface area (Å²) in [5.74, 6) is 0.582. The van der Waals surface area contributed by atoms with Crippen LogP contribution in [0.1, 0.15) is 24.2 Å². The lowest BCUT2D eigenvalue weighted by Crippen LogP contribution is -2.37. The van der Waals surface area contributed by atoms with Crippen molar-refractivity contribution >= 4 is 40.9 Å². The highest BCUT2D eigenvalue weighted by Crippen LogP contribution is 2.23. The molecule has 1 aromatic carbocycles. The molecule has 1 aromatic rings. The van der Waals surface area contributed by atoms with E-state index in [-0.39, 0.29) is 17.9 Å². The van der Waals surface area contributed by atoms with Gasteiger partial charge in [-0.05, 0) is 37.3 Å². The van der Waals surface area contributed by atoms with Gasteiger partial charge in [0.1, 0.15) is 0 Å². The lowest BCUT2D eigenvalue weighted by molar-refractivity contribution is 0.0931. The number of alkyl halides is 1. The highest BCUT2D eigenvalue weighted by molar-refractivity contribution is 7.98. The third-order valence-electron chi connectivity index (χ3n) is 2.87. The first-order valence-corrected chi connectivity index (χ1v) is 7.83. The molecular formula is C13H17Cl2NOS. The number of hydrogen-bond donors (Lipinski definition) is 1. The quantitative estimate of drug-likeness (QED) is 0.656. The van der Waals surface area contributed by atoms with E-state index in [0.29, 0.717) is 16.5 Å². The van der Waals surface area contributed by atoms with Crippen LogP contribution in [-0.2, 0) is 0 Å². The monoisotopic (exact) mass is 305 g/mol. The summed E-state index contributed by atoms with van der Waals surface area (Å²) in [5.41, 5.74) is 0.511. The first kappa shape index (κ1) is 15.7. The number of carbonyl (C=O) groups is 1. The van der Waals surface area contributed by atoms with Crippen molar-refractivity contribution in [3.8, 4) is 0 Å². The number of nitrogens with one attached hydrogen (secondary N) is 1. The molecule has 0 bridgehead atoms. The van der Waals surface area contributed by atoms with Gasteiger partial charge in [-0.3, -0.25) is 4.79 Å². The summed E-state index contributed by atoms with van der Waals surface area (Å²) in [6.45, 7) is 3.94. The van der Waals surface area contributed by atoms with Crippen molar-refractivity contribution in [2.45, 2.75) is 24.8 Å². The summed E-state index contributed by atoms with van der Waals surface area (Å²) in [5, 5.41) is 3.39. The molecule has 0 aliphatic rings. The van der Waals surface area contributed by atoms with Crippen molar-refractivity contribution in [1.82, 2.24) is 5.32 Å². The zero-order valence-electron chi connectivity index (χ0n) is 10.7. The fourth-order valence-electron chi connectivity index (χ4n) is 1.37. The van der Waals surface area contributed by atoms with Gasteiger partial charge in [0.2, 0.25) is 0 Å². The van der Waals surface area contributed by atoms with Crippen LogP contribution in [-0.4, -0.2) is 24.1 Å². The molecule has 5 heteroatoms. The van der Waals surface area contributed by atoms with E-state index >= 15 is 0 Å². The first-order valence-electron chi connectivity index (χ1n) is 5.70. The van der Waals surface area contributed by atoms with Crippen LogP contribution in [0.2, 0.25) is 5.02 Å². The Hall–Kier alpha value is -0.380. The Kier molecular flexibility index (Phi) is 6.33. The Bertz CT molecular complexity index is 425. The van der Waals surface area contributed by atoms with E-state index in [0.717, 1.165) is 4.90 Å². The predicted molar refractivity (Wildman–Crippen MR) is 80.0 cm³/mol. The molecule has 2 atom stereocenters. The second-order valence-electron chi connectivity index (χ2n) is 4.24. The molecule has 0 saturated heterocycles. The topological polar surface area (TPSA) is 29.1 Å². The first-order chi connectivity index (χ1) is 8.49. The van der Waals surface area contributed by atoms with Crippen LogP contribution in [0, 0.1) is 5.92 Å². The molecule has 0 heterocycles. The van der Waals surface area contributed by atoms with Crippen molar-refractivity contribution in [1.29, 1.82) is 0 Å². The zero-order valence-corrected chi connectivity index (χ0v) is 13.0. The second kappa shape index (κ2) is 7.27. The van der Waals surface area contributed by atoms with Crippen LogP contribution in [0.25, 0.3) is 0 Å². The number of carbonyl (C=O) groups excluding carboxylic acids is 1. The van der Waals surface area contributed by atoms with Gasteiger partial charge in [0.25, 0.3) is 5.91 Å². The SMILES string of the molecule is CSc1ccc(Cl)c(C(=O)NC(C)C(C)CCl)c1. The van der Waals surface area contributed by atoms with Gasteiger partial charge >= 0.3 is 0 Å². The fraction of sp³-hybridized carbons (Fsp3) is 0.462. The third kappa shape index (κ3) is 4.08. The standard InChI is InChI=1S/C13H17Cl2NOS/c1-8(7-14)9(2)16-13(17)11-6-10(18-3)4-5-12(11)15/h4-6,8-9H,7H2,1-3H3,(H,16,17). The molecular weight excluding hydrogens is 289 g/mol. The highest BCUT2D eigenvalue weighted by Gasteiger charge is 2.17. The Labute approximate surface area is 122 Å². The van der Waals surface area contributed by atoms with Gasteiger partial charge in [-0.1, -0.05) is 18.5 Å². The normalized spacial score (nSPS) is 14.1. The minimum atomic E-state index is -0.152. The highest BCUT2D eigenvalue weighted by atomic mass is 35.5. The Morgan fingerprint density at radius 3 is 2.67 bits per heavy atom. The van der Waals surface area contributed by atoms with E-state index in [1.54, 1.807) is 23.9 Å². The zero-order chi connectivity index (χ0) is 13.7. The van der Waals surface area contributed by atoms with Gasteiger partial charge < -0.3 is 5.32 Å². The molecule has 0 spiro atoms. The van der Waals surface area contributed by atoms with Gasteiger partial charge in [0.05, 0.1) is 10.6 Å².